The van der Waals surface area contributed by atoms with Crippen LogP contribution in [0, 0.1) is 0 Å². The molecule has 2 aromatic heterocycles. The zero-order chi connectivity index (χ0) is 17.1. The SMILES string of the molecule is CCC(NCc1cc(Br)cc(Br)c1)Nc1cc(=O)c2sccc2[nH]1.Cl.Cl. The number of benzene rings is 1. The fourth-order valence-corrected chi connectivity index (χ4v) is 4.64. The van der Waals surface area contributed by atoms with Crippen LogP contribution >= 0.6 is 68.0 Å². The van der Waals surface area contributed by atoms with Crippen molar-refractivity contribution in [1.82, 2.24) is 10.3 Å². The van der Waals surface area contributed by atoms with Gasteiger partial charge in [-0.25, -0.2) is 0 Å². The summed E-state index contributed by atoms with van der Waals surface area (Å²) in [7, 11) is 0. The van der Waals surface area contributed by atoms with E-state index in [1.54, 1.807) is 6.07 Å². The topological polar surface area (TPSA) is 56.9 Å². The molecule has 4 nitrogen and oxygen atoms in total. The summed E-state index contributed by atoms with van der Waals surface area (Å²) < 4.78 is 2.85. The molecule has 0 aliphatic heterocycles. The van der Waals surface area contributed by atoms with Crippen LogP contribution in [0.2, 0.25) is 0 Å². The monoisotopic (exact) mass is 541 g/mol. The maximum atomic E-state index is 12.1. The van der Waals surface area contributed by atoms with Gasteiger partial charge in [0.2, 0.25) is 5.43 Å². The predicted molar refractivity (Wildman–Crippen MR) is 123 cm³/mol. The fourth-order valence-electron chi connectivity index (χ4n) is 2.49. The van der Waals surface area contributed by atoms with Crippen molar-refractivity contribution in [3.05, 3.63) is 60.4 Å². The highest BCUT2D eigenvalue weighted by Gasteiger charge is 2.09. The Hall–Kier alpha value is -0.570. The van der Waals surface area contributed by atoms with E-state index in [1.807, 2.05) is 17.5 Å². The molecule has 3 N–H and O–H groups in total. The van der Waals surface area contributed by atoms with E-state index in [1.165, 1.54) is 16.9 Å². The average Bonchev–Trinajstić information content (AvgIpc) is 2.99. The van der Waals surface area contributed by atoms with Crippen LogP contribution in [0.3, 0.4) is 0 Å². The van der Waals surface area contributed by atoms with Gasteiger partial charge in [0.25, 0.3) is 0 Å². The van der Waals surface area contributed by atoms with Gasteiger partial charge in [0.05, 0.1) is 16.4 Å². The predicted octanol–water partition coefficient (Wildman–Crippen LogP) is 5.90. The molecule has 0 aliphatic carbocycles. The lowest BCUT2D eigenvalue weighted by atomic mass is 10.2. The first-order valence-electron chi connectivity index (χ1n) is 7.60. The standard InChI is InChI=1S/C17H17Br2N3OS.2ClH/c1-2-15(20-9-10-5-11(18)7-12(19)6-10)22-16-8-14(23)17-13(21-16)3-4-24-17;;/h3-8,15,20H,2,9H2,1H3,(H2,21,22,23);2*1H. The first-order valence-corrected chi connectivity index (χ1v) is 10.1. The number of hydrogen-bond donors (Lipinski definition) is 3. The van der Waals surface area contributed by atoms with E-state index < -0.39 is 0 Å². The third-order valence-electron chi connectivity index (χ3n) is 3.65. The van der Waals surface area contributed by atoms with E-state index in [0.717, 1.165) is 37.9 Å². The van der Waals surface area contributed by atoms with Crippen LogP contribution in [0.1, 0.15) is 18.9 Å². The highest BCUT2D eigenvalue weighted by Crippen LogP contribution is 2.20. The van der Waals surface area contributed by atoms with Gasteiger partial charge in [0.15, 0.2) is 0 Å². The van der Waals surface area contributed by atoms with Crippen molar-refractivity contribution in [2.75, 3.05) is 5.32 Å². The summed E-state index contributed by atoms with van der Waals surface area (Å²) in [5.41, 5.74) is 2.10. The van der Waals surface area contributed by atoms with Crippen LogP contribution in [0.4, 0.5) is 5.82 Å². The lowest BCUT2D eigenvalue weighted by Crippen LogP contribution is -2.35. The van der Waals surface area contributed by atoms with Gasteiger partial charge < -0.3 is 10.3 Å². The zero-order valence-electron chi connectivity index (χ0n) is 13.8. The number of aromatic nitrogens is 1. The Morgan fingerprint density at radius 3 is 2.50 bits per heavy atom. The molecule has 0 aliphatic rings. The number of anilines is 1. The van der Waals surface area contributed by atoms with E-state index in [4.69, 9.17) is 0 Å². The largest absolute Gasteiger partial charge is 0.356 e. The molecule has 26 heavy (non-hydrogen) atoms. The molecule has 2 heterocycles. The summed E-state index contributed by atoms with van der Waals surface area (Å²) in [6.07, 6.45) is 0.952. The number of H-pyrrole nitrogens is 1. The molecule has 1 unspecified atom stereocenters. The molecular weight excluding hydrogens is 525 g/mol. The first kappa shape index (κ1) is 23.5. The molecule has 1 atom stereocenters. The van der Waals surface area contributed by atoms with Crippen molar-refractivity contribution in [3.63, 3.8) is 0 Å². The maximum absolute atomic E-state index is 12.1. The highest BCUT2D eigenvalue weighted by atomic mass is 79.9. The Morgan fingerprint density at radius 1 is 1.15 bits per heavy atom. The minimum Gasteiger partial charge on any atom is -0.356 e. The number of hydrogen-bond acceptors (Lipinski definition) is 4. The number of fused-ring (bicyclic) bond motifs is 1. The van der Waals surface area contributed by atoms with Gasteiger partial charge in [0.1, 0.15) is 5.82 Å². The van der Waals surface area contributed by atoms with Gasteiger partial charge in [-0.15, -0.1) is 36.2 Å². The zero-order valence-corrected chi connectivity index (χ0v) is 19.5. The van der Waals surface area contributed by atoms with Crippen LogP contribution in [0.25, 0.3) is 10.2 Å². The van der Waals surface area contributed by atoms with Crippen molar-refractivity contribution < 1.29 is 0 Å². The van der Waals surface area contributed by atoms with Crippen LogP contribution in [0.15, 0.2) is 49.5 Å². The molecule has 0 fully saturated rings. The summed E-state index contributed by atoms with van der Waals surface area (Å²) in [4.78, 5) is 15.4. The highest BCUT2D eigenvalue weighted by molar-refractivity contribution is 9.11. The second-order valence-electron chi connectivity index (χ2n) is 5.47. The number of pyridine rings is 1. The third kappa shape index (κ3) is 5.97. The molecule has 0 amide bonds. The molecule has 0 spiro atoms. The maximum Gasteiger partial charge on any atom is 0.201 e. The smallest absolute Gasteiger partial charge is 0.201 e. The third-order valence-corrected chi connectivity index (χ3v) is 5.49. The molecule has 1 aromatic carbocycles. The van der Waals surface area contributed by atoms with Crippen LogP contribution in [-0.4, -0.2) is 11.1 Å². The average molecular weight is 544 g/mol. The van der Waals surface area contributed by atoms with Gasteiger partial charge in [0, 0.05) is 21.6 Å². The number of rotatable bonds is 6. The summed E-state index contributed by atoms with van der Waals surface area (Å²) in [5.74, 6) is 0.737. The molecule has 0 saturated heterocycles. The number of halogens is 4. The van der Waals surface area contributed by atoms with E-state index in [0.29, 0.717) is 0 Å². The van der Waals surface area contributed by atoms with E-state index in [2.05, 4.69) is 66.5 Å². The summed E-state index contributed by atoms with van der Waals surface area (Å²) >= 11 is 8.47. The molecule has 0 bridgehead atoms. The number of nitrogens with one attached hydrogen (secondary N) is 3. The van der Waals surface area contributed by atoms with Crippen molar-refractivity contribution in [2.45, 2.75) is 26.1 Å². The van der Waals surface area contributed by atoms with Crippen molar-refractivity contribution in [2.24, 2.45) is 0 Å². The molecule has 9 heteroatoms. The van der Waals surface area contributed by atoms with Crippen molar-refractivity contribution in [1.29, 1.82) is 0 Å². The Bertz CT molecular complexity index is 896. The second kappa shape index (κ2) is 10.7. The van der Waals surface area contributed by atoms with E-state index in [-0.39, 0.29) is 36.4 Å². The van der Waals surface area contributed by atoms with Crippen LogP contribution in [0.5, 0.6) is 0 Å². The van der Waals surface area contributed by atoms with Gasteiger partial charge in [-0.3, -0.25) is 10.1 Å². The van der Waals surface area contributed by atoms with Crippen LogP contribution < -0.4 is 16.1 Å². The molecule has 3 aromatic rings. The Labute approximate surface area is 185 Å². The van der Waals surface area contributed by atoms with Crippen molar-refractivity contribution in [3.8, 4) is 0 Å². The van der Waals surface area contributed by atoms with Gasteiger partial charge >= 0.3 is 0 Å². The Kier molecular flexibility index (Phi) is 9.64. The lowest BCUT2D eigenvalue weighted by molar-refractivity contribution is 0.544. The number of aromatic amines is 1. The molecule has 0 radical (unpaired) electrons. The Morgan fingerprint density at radius 2 is 1.85 bits per heavy atom. The molecular formula is C17H19Br2Cl2N3OS. The Balaban J connectivity index is 0.00000169. The second-order valence-corrected chi connectivity index (χ2v) is 8.22. The minimum atomic E-state index is 0. The molecule has 3 rings (SSSR count). The van der Waals surface area contributed by atoms with Gasteiger partial charge in [-0.05, 0) is 41.6 Å². The minimum absolute atomic E-state index is 0. The van der Waals surface area contributed by atoms with Crippen molar-refractivity contribution >= 4 is 84.0 Å². The van der Waals surface area contributed by atoms with E-state index >= 15 is 0 Å². The first-order chi connectivity index (χ1) is 11.5. The quantitative estimate of drug-likeness (QED) is 0.339. The van der Waals surface area contributed by atoms with Gasteiger partial charge in [-0.2, -0.15) is 0 Å². The van der Waals surface area contributed by atoms with E-state index in [9.17, 15) is 4.79 Å². The molecule has 142 valence electrons. The van der Waals surface area contributed by atoms with Gasteiger partial charge in [-0.1, -0.05) is 38.8 Å². The van der Waals surface area contributed by atoms with Crippen LogP contribution in [-0.2, 0) is 6.54 Å². The normalized spacial score (nSPS) is 11.5. The molecule has 0 saturated carbocycles. The summed E-state index contributed by atoms with van der Waals surface area (Å²) in [6.45, 7) is 2.83. The summed E-state index contributed by atoms with van der Waals surface area (Å²) in [6, 6.07) is 9.74. The summed E-state index contributed by atoms with van der Waals surface area (Å²) in [5, 5.41) is 8.77. The fraction of sp³-hybridized carbons (Fsp3) is 0.235. The number of thiophene rings is 1. The lowest BCUT2D eigenvalue weighted by Gasteiger charge is -2.20.